The molecule has 227 valence electrons. The molecule has 0 saturated carbocycles. The van der Waals surface area contributed by atoms with Crippen LogP contribution in [0.4, 0.5) is 0 Å². The summed E-state index contributed by atoms with van der Waals surface area (Å²) in [5, 5.41) is 35.0. The second kappa shape index (κ2) is 12.0. The molecule has 7 rings (SSSR count). The Labute approximate surface area is 292 Å². The van der Waals surface area contributed by atoms with Crippen molar-refractivity contribution >= 4 is 12.0 Å². The number of aliphatic hydroxyl groups is 1. The average molecular weight is 812 g/mol. The summed E-state index contributed by atoms with van der Waals surface area (Å²) in [7, 11) is 1.98. The van der Waals surface area contributed by atoms with E-state index >= 15 is 0 Å². The molecule has 44 heavy (non-hydrogen) atoms. The van der Waals surface area contributed by atoms with Crippen molar-refractivity contribution in [1.29, 1.82) is 0 Å². The van der Waals surface area contributed by atoms with Crippen molar-refractivity contribution in [3.8, 4) is 23.0 Å². The van der Waals surface area contributed by atoms with Crippen LogP contribution in [0.2, 0.25) is 0 Å². The van der Waals surface area contributed by atoms with E-state index in [1.54, 1.807) is 13.0 Å². The summed E-state index contributed by atoms with van der Waals surface area (Å²) >= 11 is 0. The second-order valence-corrected chi connectivity index (χ2v) is 12.1. The summed E-state index contributed by atoms with van der Waals surface area (Å²) in [5.41, 5.74) is 6.52. The molecule has 3 aromatic carbocycles. The van der Waals surface area contributed by atoms with Gasteiger partial charge in [-0.3, -0.25) is 9.80 Å². The van der Waals surface area contributed by atoms with Crippen LogP contribution in [0.25, 0.3) is 6.08 Å². The summed E-state index contributed by atoms with van der Waals surface area (Å²) in [4.78, 5) is 17.1. The Balaban J connectivity index is 0.00000343. The number of likely N-dealkylation sites (N-methyl/N-ethyl adjacent to an activating group) is 1. The van der Waals surface area contributed by atoms with Gasteiger partial charge >= 0.3 is 5.97 Å². The fraction of sp³-hybridized carbons (Fsp3) is 0.382. The number of carbonyl (C=O) groups excluding carboxylic acids is 1. The van der Waals surface area contributed by atoms with Gasteiger partial charge < -0.3 is 29.5 Å². The van der Waals surface area contributed by atoms with E-state index in [9.17, 15) is 20.1 Å². The average Bonchev–Trinajstić information content (AvgIpc) is 3.49. The Morgan fingerprint density at radius 2 is 1.73 bits per heavy atom. The van der Waals surface area contributed by atoms with Crippen LogP contribution in [0.1, 0.15) is 56.6 Å². The van der Waals surface area contributed by atoms with Crippen LogP contribution in [0.3, 0.4) is 0 Å². The molecule has 0 aliphatic carbocycles. The van der Waals surface area contributed by atoms with Gasteiger partial charge in [0.25, 0.3) is 0 Å². The molecule has 4 aliphatic rings. The molecular formula is C34H36AcN2O7. The monoisotopic (exact) mass is 811 g/mol. The van der Waals surface area contributed by atoms with Crippen molar-refractivity contribution in [2.45, 2.75) is 64.0 Å². The fourth-order valence-electron chi connectivity index (χ4n) is 7.62. The smallest absolute Gasteiger partial charge is 0.330 e. The molecule has 4 heterocycles. The number of rotatable bonds is 4. The maximum Gasteiger partial charge on any atom is 0.330 e. The van der Waals surface area contributed by atoms with E-state index in [0.717, 1.165) is 27.8 Å². The van der Waals surface area contributed by atoms with Crippen LogP contribution in [-0.4, -0.2) is 69.8 Å². The largest absolute Gasteiger partial charge is 0.507 e. The number of carbonyl (C=O) groups is 1. The van der Waals surface area contributed by atoms with Gasteiger partial charge in [-0.25, -0.2) is 4.79 Å². The van der Waals surface area contributed by atoms with Gasteiger partial charge in [-0.15, -0.1) is 0 Å². The Morgan fingerprint density at radius 3 is 2.48 bits per heavy atom. The van der Waals surface area contributed by atoms with E-state index in [-0.39, 0.29) is 87.1 Å². The van der Waals surface area contributed by atoms with Gasteiger partial charge in [-0.2, -0.15) is 0 Å². The molecule has 0 spiro atoms. The Bertz CT molecular complexity index is 1660. The van der Waals surface area contributed by atoms with Crippen LogP contribution in [0.15, 0.2) is 42.5 Å². The van der Waals surface area contributed by atoms with Crippen molar-refractivity contribution in [2.24, 2.45) is 0 Å². The van der Waals surface area contributed by atoms with Gasteiger partial charge in [0.1, 0.15) is 24.3 Å². The number of hydrogen-bond donors (Lipinski definition) is 3. The first-order valence-corrected chi connectivity index (χ1v) is 14.7. The molecule has 1 radical (unpaired) electrons. The number of phenolic OH excluding ortho intramolecular Hbond substituents is 2. The number of esters is 1. The summed E-state index contributed by atoms with van der Waals surface area (Å²) in [5.74, 6) is 0.838. The summed E-state index contributed by atoms with van der Waals surface area (Å²) < 4.78 is 17.6. The molecular weight excluding hydrogens is 775 g/mol. The molecule has 1 saturated heterocycles. The van der Waals surface area contributed by atoms with Crippen molar-refractivity contribution in [2.75, 3.05) is 20.4 Å². The Morgan fingerprint density at radius 1 is 1.00 bits per heavy atom. The third-order valence-corrected chi connectivity index (χ3v) is 9.89. The van der Waals surface area contributed by atoms with Gasteiger partial charge in [0.15, 0.2) is 11.5 Å². The molecule has 3 aromatic rings. The third-order valence-electron chi connectivity index (χ3n) is 9.89. The summed E-state index contributed by atoms with van der Waals surface area (Å²) in [6, 6.07) is 10.1. The molecule has 1 unspecified atom stereocenters. The number of nitrogens with zero attached hydrogens (tertiary/aromatic N) is 2. The SMILES string of the molecule is Cc1cc2c(c(O)c1C)[C@@H]1C3Cc4c(O)c(C)c5c(c4[C@H](COC(=O)/C=C/c4ccccc4)N3[C@@H](O)[C@H](C2)N1C)OCO5.[Ac]. The minimum Gasteiger partial charge on any atom is -0.507 e. The predicted octanol–water partition coefficient (Wildman–Crippen LogP) is 4.21. The van der Waals surface area contributed by atoms with E-state index in [2.05, 4.69) is 11.0 Å². The minimum atomic E-state index is -0.915. The number of aliphatic hydroxyl groups excluding tert-OH is 1. The van der Waals surface area contributed by atoms with Crippen LogP contribution >= 0.6 is 0 Å². The zero-order valence-electron chi connectivity index (χ0n) is 25.3. The van der Waals surface area contributed by atoms with Gasteiger partial charge in [0, 0.05) is 78.4 Å². The number of aryl methyl sites for hydroxylation is 1. The first-order chi connectivity index (χ1) is 20.7. The molecule has 5 atom stereocenters. The number of piperazine rings is 1. The summed E-state index contributed by atoms with van der Waals surface area (Å²) in [6.07, 6.45) is 3.12. The maximum atomic E-state index is 13.0. The van der Waals surface area contributed by atoms with Crippen molar-refractivity contribution in [1.82, 2.24) is 9.80 Å². The first kappa shape index (κ1) is 31.4. The van der Waals surface area contributed by atoms with Gasteiger partial charge in [0.05, 0.1) is 18.1 Å². The molecule has 0 aromatic heterocycles. The van der Waals surface area contributed by atoms with Gasteiger partial charge in [-0.05, 0) is 69.0 Å². The molecule has 1 fully saturated rings. The normalized spacial score (nSPS) is 25.2. The molecule has 0 amide bonds. The molecule has 9 nitrogen and oxygen atoms in total. The van der Waals surface area contributed by atoms with E-state index in [4.69, 9.17) is 14.2 Å². The second-order valence-electron chi connectivity index (χ2n) is 12.1. The topological polar surface area (TPSA) is 112 Å². The van der Waals surface area contributed by atoms with E-state index in [1.807, 2.05) is 56.1 Å². The number of aromatic hydroxyl groups is 2. The van der Waals surface area contributed by atoms with Gasteiger partial charge in [0.2, 0.25) is 6.79 Å². The van der Waals surface area contributed by atoms with Crippen molar-refractivity contribution < 1.29 is 78.4 Å². The first-order valence-electron chi connectivity index (χ1n) is 14.7. The molecule has 10 heteroatoms. The maximum absolute atomic E-state index is 13.0. The molecule has 3 N–H and O–H groups in total. The van der Waals surface area contributed by atoms with Crippen LogP contribution in [-0.2, 0) is 22.4 Å². The van der Waals surface area contributed by atoms with E-state index in [0.29, 0.717) is 41.0 Å². The zero-order valence-corrected chi connectivity index (χ0v) is 30.0. The van der Waals surface area contributed by atoms with Crippen LogP contribution in [0.5, 0.6) is 23.0 Å². The molecule has 2 bridgehead atoms. The fourth-order valence-corrected chi connectivity index (χ4v) is 7.62. The summed E-state index contributed by atoms with van der Waals surface area (Å²) in [6.45, 7) is 5.64. The van der Waals surface area contributed by atoms with E-state index in [1.165, 1.54) is 6.08 Å². The number of ether oxygens (including phenoxy) is 3. The Kier molecular flexibility index (Phi) is 8.53. The number of fused-ring (bicyclic) bond motifs is 9. The van der Waals surface area contributed by atoms with E-state index < -0.39 is 18.2 Å². The quantitative estimate of drug-likeness (QED) is 0.264. The zero-order chi connectivity index (χ0) is 30.2. The third kappa shape index (κ3) is 4.85. The van der Waals surface area contributed by atoms with Crippen molar-refractivity contribution in [3.05, 3.63) is 87.0 Å². The number of hydrogen-bond acceptors (Lipinski definition) is 9. The number of phenols is 2. The standard InChI is InChI=1S/C34H36N2O7.Ac/c1-17-12-21-13-24-34(40)36-23(29(35(24)4)27(21)31(39)18(17)2)14-22-28(33-32(42-16-43-33)19(3)30(22)38)25(36)15-41-26(37)11-10-20-8-6-5-7-9-20;/h5-12,23-25,29,34,38-40H,13-16H2,1-4H3;/b11-10+;/t23?,24-,25-,29-,34-;/m0./s1. The number of benzene rings is 3. The van der Waals surface area contributed by atoms with Crippen LogP contribution < -0.4 is 9.47 Å². The van der Waals surface area contributed by atoms with Gasteiger partial charge in [-0.1, -0.05) is 36.4 Å². The predicted molar refractivity (Wildman–Crippen MR) is 159 cm³/mol. The van der Waals surface area contributed by atoms with Crippen molar-refractivity contribution in [3.63, 3.8) is 0 Å². The molecule has 4 aliphatic heterocycles. The Hall–Kier alpha value is -2.61. The van der Waals surface area contributed by atoms with Crippen LogP contribution in [0, 0.1) is 64.8 Å². The minimum absolute atomic E-state index is 0.